The van der Waals surface area contributed by atoms with Crippen LogP contribution in [-0.2, 0) is 11.3 Å². The number of halogens is 1. The number of rotatable bonds is 8. The van der Waals surface area contributed by atoms with E-state index in [1.165, 1.54) is 0 Å². The summed E-state index contributed by atoms with van der Waals surface area (Å²) in [4.78, 5) is 9.09. The predicted octanol–water partition coefficient (Wildman–Crippen LogP) is 2.59. The fourth-order valence-corrected chi connectivity index (χ4v) is 2.39. The zero-order valence-electron chi connectivity index (χ0n) is 16.0. The average molecular weight is 472 g/mol. The molecule has 8 heteroatoms. The van der Waals surface area contributed by atoms with Crippen LogP contribution in [0.25, 0.3) is 5.82 Å². The Labute approximate surface area is 172 Å². The quantitative estimate of drug-likeness (QED) is 0.268. The highest BCUT2D eigenvalue weighted by atomic mass is 127. The first kappa shape index (κ1) is 22.4. The lowest BCUT2D eigenvalue weighted by Gasteiger charge is -2.11. The smallest absolute Gasteiger partial charge is 0.191 e. The minimum Gasteiger partial charge on any atom is -0.380 e. The van der Waals surface area contributed by atoms with E-state index >= 15 is 0 Å². The highest BCUT2D eigenvalue weighted by molar-refractivity contribution is 14.0. The molecule has 0 aliphatic rings. The molecule has 144 valence electrons. The normalized spacial score (nSPS) is 11.2. The van der Waals surface area contributed by atoms with Crippen molar-refractivity contribution in [2.45, 2.75) is 34.2 Å². The number of ether oxygens (including phenoxy) is 1. The van der Waals surface area contributed by atoms with Crippen molar-refractivity contribution < 1.29 is 4.74 Å². The summed E-state index contributed by atoms with van der Waals surface area (Å²) in [5.41, 5.74) is 3.11. The van der Waals surface area contributed by atoms with Crippen LogP contribution in [0.4, 0.5) is 0 Å². The standard InChI is InChI=1S/C18H28N6O.HI/c1-5-19-18(20-9-10-25-6-2)22-13-16-7-8-17(21-12-16)24-15(4)11-14(3)23-24;/h7-8,11-12H,5-6,9-10,13H2,1-4H3,(H2,19,20,22);1H. The predicted molar refractivity (Wildman–Crippen MR) is 116 cm³/mol. The van der Waals surface area contributed by atoms with E-state index < -0.39 is 0 Å². The van der Waals surface area contributed by atoms with Gasteiger partial charge in [0.2, 0.25) is 0 Å². The number of aryl methyl sites for hydroxylation is 2. The van der Waals surface area contributed by atoms with Gasteiger partial charge >= 0.3 is 0 Å². The van der Waals surface area contributed by atoms with Crippen molar-refractivity contribution in [1.82, 2.24) is 25.4 Å². The molecule has 0 saturated carbocycles. The third-order valence-electron chi connectivity index (χ3n) is 3.54. The van der Waals surface area contributed by atoms with Gasteiger partial charge in [0, 0.05) is 31.6 Å². The molecule has 0 bridgehead atoms. The topological polar surface area (TPSA) is 76.4 Å². The molecular formula is C18H29IN6O. The van der Waals surface area contributed by atoms with E-state index in [0.717, 1.165) is 48.4 Å². The van der Waals surface area contributed by atoms with Crippen LogP contribution in [0.1, 0.15) is 30.8 Å². The molecule has 0 saturated heterocycles. The first-order valence-electron chi connectivity index (χ1n) is 8.72. The molecule has 26 heavy (non-hydrogen) atoms. The third-order valence-corrected chi connectivity index (χ3v) is 3.54. The van der Waals surface area contributed by atoms with Gasteiger partial charge < -0.3 is 15.4 Å². The SMILES string of the molecule is CCNC(=NCc1ccc(-n2nc(C)cc2C)nc1)NCCOCC.I. The summed E-state index contributed by atoms with van der Waals surface area (Å²) < 4.78 is 7.18. The van der Waals surface area contributed by atoms with E-state index in [1.54, 1.807) is 0 Å². The summed E-state index contributed by atoms with van der Waals surface area (Å²) >= 11 is 0. The molecule has 7 nitrogen and oxygen atoms in total. The van der Waals surface area contributed by atoms with Crippen molar-refractivity contribution in [1.29, 1.82) is 0 Å². The molecule has 0 unspecified atom stereocenters. The van der Waals surface area contributed by atoms with Crippen molar-refractivity contribution in [3.05, 3.63) is 41.3 Å². The number of aliphatic imine (C=N–C) groups is 1. The Morgan fingerprint density at radius 3 is 2.62 bits per heavy atom. The van der Waals surface area contributed by atoms with E-state index in [4.69, 9.17) is 4.74 Å². The summed E-state index contributed by atoms with van der Waals surface area (Å²) in [6, 6.07) is 6.04. The molecule has 0 aliphatic heterocycles. The monoisotopic (exact) mass is 472 g/mol. The second-order valence-corrected chi connectivity index (χ2v) is 5.68. The van der Waals surface area contributed by atoms with Gasteiger partial charge in [0.1, 0.15) is 0 Å². The molecule has 0 aliphatic carbocycles. The Kier molecular flexibility index (Phi) is 10.2. The molecule has 2 aromatic heterocycles. The molecule has 2 N–H and O–H groups in total. The molecule has 0 atom stereocenters. The van der Waals surface area contributed by atoms with E-state index in [2.05, 4.69) is 25.7 Å². The maximum atomic E-state index is 5.33. The van der Waals surface area contributed by atoms with Crippen LogP contribution in [0.5, 0.6) is 0 Å². The summed E-state index contributed by atoms with van der Waals surface area (Å²) in [6.07, 6.45) is 1.85. The van der Waals surface area contributed by atoms with Gasteiger partial charge in [0.05, 0.1) is 18.8 Å². The zero-order valence-corrected chi connectivity index (χ0v) is 18.3. The van der Waals surface area contributed by atoms with Gasteiger partial charge in [-0.3, -0.25) is 0 Å². The number of nitrogens with zero attached hydrogens (tertiary/aromatic N) is 4. The lowest BCUT2D eigenvalue weighted by molar-refractivity contribution is 0.152. The highest BCUT2D eigenvalue weighted by Gasteiger charge is 2.05. The van der Waals surface area contributed by atoms with Gasteiger partial charge in [-0.2, -0.15) is 5.10 Å². The Hall–Kier alpha value is -1.68. The number of nitrogens with one attached hydrogen (secondary N) is 2. The second-order valence-electron chi connectivity index (χ2n) is 5.68. The van der Waals surface area contributed by atoms with Crippen molar-refractivity contribution in [2.75, 3.05) is 26.3 Å². The highest BCUT2D eigenvalue weighted by Crippen LogP contribution is 2.10. The maximum Gasteiger partial charge on any atom is 0.191 e. The molecule has 0 amide bonds. The third kappa shape index (κ3) is 6.91. The van der Waals surface area contributed by atoms with E-state index in [9.17, 15) is 0 Å². The van der Waals surface area contributed by atoms with Gasteiger partial charge in [0.15, 0.2) is 11.8 Å². The van der Waals surface area contributed by atoms with Crippen molar-refractivity contribution >= 4 is 29.9 Å². The summed E-state index contributed by atoms with van der Waals surface area (Å²) in [6.45, 7) is 11.5. The van der Waals surface area contributed by atoms with Gasteiger partial charge in [-0.1, -0.05) is 6.07 Å². The minimum atomic E-state index is 0. The second kappa shape index (κ2) is 11.8. The fourth-order valence-electron chi connectivity index (χ4n) is 2.39. The maximum absolute atomic E-state index is 5.33. The zero-order chi connectivity index (χ0) is 18.1. The summed E-state index contributed by atoms with van der Waals surface area (Å²) in [7, 11) is 0. The Balaban J connectivity index is 0.00000338. The number of pyridine rings is 1. The Morgan fingerprint density at radius 1 is 1.23 bits per heavy atom. The van der Waals surface area contributed by atoms with Crippen molar-refractivity contribution in [3.63, 3.8) is 0 Å². The van der Waals surface area contributed by atoms with Crippen LogP contribution in [0.15, 0.2) is 29.4 Å². The molecule has 0 spiro atoms. The molecule has 0 radical (unpaired) electrons. The van der Waals surface area contributed by atoms with Crippen LogP contribution in [-0.4, -0.2) is 47.0 Å². The van der Waals surface area contributed by atoms with Crippen LogP contribution < -0.4 is 10.6 Å². The van der Waals surface area contributed by atoms with E-state index in [-0.39, 0.29) is 24.0 Å². The van der Waals surface area contributed by atoms with Gasteiger partial charge in [-0.25, -0.2) is 14.7 Å². The van der Waals surface area contributed by atoms with Gasteiger partial charge in [-0.05, 0) is 45.4 Å². The molecule has 2 heterocycles. The lowest BCUT2D eigenvalue weighted by atomic mass is 10.3. The number of aromatic nitrogens is 3. The van der Waals surface area contributed by atoms with E-state index in [0.29, 0.717) is 13.2 Å². The lowest BCUT2D eigenvalue weighted by Crippen LogP contribution is -2.39. The molecule has 0 fully saturated rings. The first-order chi connectivity index (χ1) is 12.1. The van der Waals surface area contributed by atoms with Crippen LogP contribution in [0.3, 0.4) is 0 Å². The minimum absolute atomic E-state index is 0. The molecule has 0 aromatic carbocycles. The van der Waals surface area contributed by atoms with E-state index in [1.807, 2.05) is 56.8 Å². The Bertz CT molecular complexity index is 683. The largest absolute Gasteiger partial charge is 0.380 e. The van der Waals surface area contributed by atoms with Crippen LogP contribution in [0.2, 0.25) is 0 Å². The fraction of sp³-hybridized carbons (Fsp3) is 0.500. The van der Waals surface area contributed by atoms with Crippen LogP contribution in [0, 0.1) is 13.8 Å². The Morgan fingerprint density at radius 2 is 2.04 bits per heavy atom. The van der Waals surface area contributed by atoms with Gasteiger partial charge in [0.25, 0.3) is 0 Å². The summed E-state index contributed by atoms with van der Waals surface area (Å²) in [5, 5.41) is 10.9. The van der Waals surface area contributed by atoms with Crippen molar-refractivity contribution in [2.24, 2.45) is 4.99 Å². The molecular weight excluding hydrogens is 443 g/mol. The van der Waals surface area contributed by atoms with Crippen LogP contribution >= 0.6 is 24.0 Å². The molecule has 2 rings (SSSR count). The number of guanidine groups is 1. The average Bonchev–Trinajstić information content (AvgIpc) is 2.95. The summed E-state index contributed by atoms with van der Waals surface area (Å²) in [5.74, 6) is 1.60. The number of hydrogen-bond acceptors (Lipinski definition) is 4. The number of hydrogen-bond donors (Lipinski definition) is 2. The molecule has 2 aromatic rings. The van der Waals surface area contributed by atoms with Crippen molar-refractivity contribution in [3.8, 4) is 5.82 Å². The first-order valence-corrected chi connectivity index (χ1v) is 8.72. The van der Waals surface area contributed by atoms with Gasteiger partial charge in [-0.15, -0.1) is 24.0 Å².